The number of carboxylic acid groups (broad SMARTS) is 1. The van der Waals surface area contributed by atoms with Crippen LogP contribution in [0.1, 0.15) is 6.42 Å². The zero-order valence-corrected chi connectivity index (χ0v) is 13.8. The summed E-state index contributed by atoms with van der Waals surface area (Å²) in [6.07, 6.45) is 3.59. The van der Waals surface area contributed by atoms with Gasteiger partial charge < -0.3 is 14.6 Å². The van der Waals surface area contributed by atoms with Crippen LogP contribution in [0.25, 0.3) is 0 Å². The van der Waals surface area contributed by atoms with Crippen molar-refractivity contribution in [1.82, 2.24) is 0 Å². The van der Waals surface area contributed by atoms with E-state index in [9.17, 15) is 14.4 Å². The molecule has 124 valence electrons. The molecule has 0 aromatic heterocycles. The molecule has 6 nitrogen and oxygen atoms in total. The van der Waals surface area contributed by atoms with Crippen molar-refractivity contribution in [3.05, 3.63) is 48.0 Å². The Morgan fingerprint density at radius 3 is 1.82 bits per heavy atom. The molecule has 0 atom stereocenters. The third-order valence-corrected chi connectivity index (χ3v) is 1.47. The van der Waals surface area contributed by atoms with Crippen LogP contribution in [-0.2, 0) is 23.9 Å². The smallest absolute Gasteiger partial charge is 0.333 e. The first-order valence-electron chi connectivity index (χ1n) is 5.48. The maximum absolute atomic E-state index is 10.7. The molecule has 0 spiro atoms. The summed E-state index contributed by atoms with van der Waals surface area (Å²) in [5, 5.41) is 8.19. The van der Waals surface area contributed by atoms with E-state index in [1.165, 1.54) is 20.3 Å². The third kappa shape index (κ3) is 26.5. The quantitative estimate of drug-likeness (QED) is 0.604. The fraction of sp³-hybridized carbons (Fsp3) is 0.214. The molecule has 0 aromatic rings. The Kier molecular flexibility index (Phi) is 19.3. The van der Waals surface area contributed by atoms with Crippen molar-refractivity contribution in [1.29, 1.82) is 0 Å². The highest BCUT2D eigenvalue weighted by molar-refractivity contribution is 6.55. The third-order valence-electron chi connectivity index (χ3n) is 1.47. The largest absolute Gasteiger partial charge is 0.478 e. The van der Waals surface area contributed by atoms with E-state index in [-0.39, 0.29) is 16.5 Å². The van der Waals surface area contributed by atoms with Crippen molar-refractivity contribution in [2.45, 2.75) is 6.42 Å². The molecule has 0 rings (SSSR count). The van der Waals surface area contributed by atoms with Gasteiger partial charge in [0.25, 0.3) is 0 Å². The topological polar surface area (TPSA) is 89.9 Å². The van der Waals surface area contributed by atoms with Crippen LogP contribution in [0, 0.1) is 0 Å². The number of allylic oxidation sites excluding steroid dienone is 1. The Morgan fingerprint density at radius 1 is 1.14 bits per heavy atom. The first kappa shape index (κ1) is 24.9. The predicted octanol–water partition coefficient (Wildman–Crippen LogP) is 3.03. The molecular weight excluding hydrogens is 335 g/mol. The van der Waals surface area contributed by atoms with Crippen molar-refractivity contribution in [2.75, 3.05) is 14.2 Å². The SMILES string of the molecule is C=C(CC=CC(=O)O)C(=O)OC.C=C(Cl)Cl.C=CC(=O)OC. The molecule has 0 amide bonds. The molecule has 0 fully saturated rings. The molecule has 22 heavy (non-hydrogen) atoms. The summed E-state index contributed by atoms with van der Waals surface area (Å²) in [4.78, 5) is 30.5. The zero-order chi connectivity index (χ0) is 18.1. The molecule has 8 heteroatoms. The highest BCUT2D eigenvalue weighted by Crippen LogP contribution is 2.00. The van der Waals surface area contributed by atoms with E-state index in [1.54, 1.807) is 0 Å². The first-order valence-corrected chi connectivity index (χ1v) is 6.23. The van der Waals surface area contributed by atoms with Crippen molar-refractivity contribution in [3.8, 4) is 0 Å². The molecule has 0 unspecified atom stereocenters. The molecule has 0 bridgehead atoms. The Labute approximate surface area is 139 Å². The van der Waals surface area contributed by atoms with Crippen molar-refractivity contribution >= 4 is 41.1 Å². The fourth-order valence-electron chi connectivity index (χ4n) is 0.613. The van der Waals surface area contributed by atoms with Gasteiger partial charge in [-0.25, -0.2) is 14.4 Å². The molecule has 0 heterocycles. The van der Waals surface area contributed by atoms with Gasteiger partial charge in [-0.15, -0.1) is 0 Å². The standard InChI is InChI=1S/C8H10O4.C4H6O2.C2H2Cl2/c1-6(8(11)12-2)4-3-5-7(9)10;1-3-4(5)6-2;1-2(3)4/h3,5H,1,4H2,2H3,(H,9,10);3H,1H2,2H3;1H2. The summed E-state index contributed by atoms with van der Waals surface area (Å²) in [7, 11) is 2.55. The maximum atomic E-state index is 10.7. The summed E-state index contributed by atoms with van der Waals surface area (Å²) in [5.41, 5.74) is 0.231. The molecule has 0 saturated carbocycles. The van der Waals surface area contributed by atoms with Crippen molar-refractivity contribution in [3.63, 3.8) is 0 Å². The number of hydrogen-bond donors (Lipinski definition) is 1. The van der Waals surface area contributed by atoms with Crippen LogP contribution in [0.4, 0.5) is 0 Å². The van der Waals surface area contributed by atoms with E-state index in [0.29, 0.717) is 0 Å². The normalized spacial score (nSPS) is 8.36. The average molecular weight is 353 g/mol. The molecule has 0 aliphatic rings. The number of esters is 2. The van der Waals surface area contributed by atoms with Crippen molar-refractivity contribution in [2.24, 2.45) is 0 Å². The number of carbonyl (C=O) groups is 3. The molecule has 0 aromatic carbocycles. The number of methoxy groups -OCH3 is 2. The zero-order valence-electron chi connectivity index (χ0n) is 12.3. The van der Waals surface area contributed by atoms with E-state index >= 15 is 0 Å². The van der Waals surface area contributed by atoms with Gasteiger partial charge in [0.2, 0.25) is 0 Å². The minimum atomic E-state index is -1.05. The van der Waals surface area contributed by atoms with Gasteiger partial charge in [0.05, 0.1) is 18.7 Å². The Bertz CT molecular complexity index is 437. The van der Waals surface area contributed by atoms with Crippen LogP contribution >= 0.6 is 23.2 Å². The highest BCUT2D eigenvalue weighted by atomic mass is 35.5. The van der Waals surface area contributed by atoms with Crippen LogP contribution in [0.2, 0.25) is 0 Å². The summed E-state index contributed by atoms with van der Waals surface area (Å²) in [6.45, 7) is 9.65. The van der Waals surface area contributed by atoms with Crippen LogP contribution in [-0.4, -0.2) is 37.2 Å². The minimum absolute atomic E-state index is 0.111. The lowest BCUT2D eigenvalue weighted by Gasteiger charge is -1.97. The van der Waals surface area contributed by atoms with Crippen LogP contribution in [0.5, 0.6) is 0 Å². The summed E-state index contributed by atoms with van der Waals surface area (Å²) in [5.74, 6) is -1.97. The lowest BCUT2D eigenvalue weighted by Crippen LogP contribution is -2.02. The predicted molar refractivity (Wildman–Crippen MR) is 85.6 cm³/mol. The molecule has 1 N–H and O–H groups in total. The van der Waals surface area contributed by atoms with E-state index in [4.69, 9.17) is 28.3 Å². The van der Waals surface area contributed by atoms with Crippen LogP contribution in [0.3, 0.4) is 0 Å². The van der Waals surface area contributed by atoms with Crippen LogP contribution in [0.15, 0.2) is 48.0 Å². The molecule has 0 radical (unpaired) electrons. The Hall–Kier alpha value is -2.05. The maximum Gasteiger partial charge on any atom is 0.333 e. The lowest BCUT2D eigenvalue weighted by atomic mass is 10.2. The second-order valence-corrected chi connectivity index (χ2v) is 4.21. The summed E-state index contributed by atoms with van der Waals surface area (Å²) >= 11 is 9.69. The number of halogens is 2. The number of rotatable bonds is 5. The van der Waals surface area contributed by atoms with E-state index in [2.05, 4.69) is 29.2 Å². The Morgan fingerprint density at radius 2 is 1.59 bits per heavy atom. The van der Waals surface area contributed by atoms with Crippen molar-refractivity contribution < 1.29 is 29.0 Å². The summed E-state index contributed by atoms with van der Waals surface area (Å²) < 4.78 is 8.60. The number of hydrogen-bond acceptors (Lipinski definition) is 5. The van der Waals surface area contributed by atoms with Gasteiger partial charge in [-0.05, 0) is 6.42 Å². The highest BCUT2D eigenvalue weighted by Gasteiger charge is 2.03. The lowest BCUT2D eigenvalue weighted by molar-refractivity contribution is -0.136. The number of ether oxygens (including phenoxy) is 2. The van der Waals surface area contributed by atoms with Gasteiger partial charge in [0.1, 0.15) is 0 Å². The Balaban J connectivity index is -0.000000300. The number of carboxylic acids is 1. The van der Waals surface area contributed by atoms with Gasteiger partial charge in [-0.3, -0.25) is 0 Å². The molecule has 0 saturated heterocycles. The van der Waals surface area contributed by atoms with Gasteiger partial charge in [-0.1, -0.05) is 49.0 Å². The average Bonchev–Trinajstić information content (AvgIpc) is 2.44. The first-order chi connectivity index (χ1) is 10.1. The fourth-order valence-corrected chi connectivity index (χ4v) is 0.613. The summed E-state index contributed by atoms with van der Waals surface area (Å²) in [6, 6.07) is 0. The molecule has 0 aliphatic carbocycles. The number of carbonyl (C=O) groups excluding carboxylic acids is 2. The van der Waals surface area contributed by atoms with Crippen LogP contribution < -0.4 is 0 Å². The van der Waals surface area contributed by atoms with E-state index in [0.717, 1.165) is 12.2 Å². The van der Waals surface area contributed by atoms with E-state index < -0.39 is 17.9 Å². The minimum Gasteiger partial charge on any atom is -0.478 e. The molecule has 0 aliphatic heterocycles. The van der Waals surface area contributed by atoms with Gasteiger partial charge in [0, 0.05) is 17.7 Å². The second-order valence-electron chi connectivity index (χ2n) is 3.11. The monoisotopic (exact) mass is 352 g/mol. The van der Waals surface area contributed by atoms with Gasteiger partial charge >= 0.3 is 17.9 Å². The van der Waals surface area contributed by atoms with Gasteiger partial charge in [0.15, 0.2) is 0 Å². The number of aliphatic carboxylic acids is 1. The van der Waals surface area contributed by atoms with E-state index in [1.807, 2.05) is 0 Å². The van der Waals surface area contributed by atoms with Gasteiger partial charge in [-0.2, -0.15) is 0 Å². The second kappa shape index (κ2) is 17.0. The molecular formula is C14H18Cl2O6.